The Balaban J connectivity index is 2.16. The van der Waals surface area contributed by atoms with Crippen molar-refractivity contribution in [2.75, 3.05) is 18.5 Å². The maximum Gasteiger partial charge on any atom is 0.225 e. The number of anilines is 1. The number of nitrogens with zero attached hydrogens (tertiary/aromatic N) is 3. The number of hydrogen-bond donors (Lipinski definition) is 1. The summed E-state index contributed by atoms with van der Waals surface area (Å²) in [6.07, 6.45) is 2.73. The molecule has 0 saturated heterocycles. The van der Waals surface area contributed by atoms with Crippen LogP contribution >= 0.6 is 12.2 Å². The Hall–Kier alpha value is -0.840. The number of aromatic nitrogens is 3. The van der Waals surface area contributed by atoms with Gasteiger partial charge in [-0.3, -0.25) is 4.57 Å². The van der Waals surface area contributed by atoms with Gasteiger partial charge in [-0.2, -0.15) is 0 Å². The van der Waals surface area contributed by atoms with Crippen molar-refractivity contribution in [2.24, 2.45) is 5.92 Å². The number of aromatic amines is 1. The lowest BCUT2D eigenvalue weighted by Crippen LogP contribution is -2.23. The first-order chi connectivity index (χ1) is 6.72. The van der Waals surface area contributed by atoms with Crippen molar-refractivity contribution in [1.29, 1.82) is 0 Å². The van der Waals surface area contributed by atoms with E-state index in [0.717, 1.165) is 25.0 Å². The Morgan fingerprint density at radius 2 is 2.36 bits per heavy atom. The fourth-order valence-corrected chi connectivity index (χ4v) is 1.91. The second kappa shape index (κ2) is 3.73. The van der Waals surface area contributed by atoms with Gasteiger partial charge in [0.25, 0.3) is 0 Å². The Bertz CT molecular complexity index is 363. The van der Waals surface area contributed by atoms with Crippen LogP contribution in [0, 0.1) is 10.7 Å². The van der Waals surface area contributed by atoms with Crippen LogP contribution in [0.25, 0.3) is 0 Å². The van der Waals surface area contributed by atoms with Crippen LogP contribution in [0.4, 0.5) is 5.95 Å². The first-order valence-electron chi connectivity index (χ1n) is 5.08. The molecule has 0 radical (unpaired) electrons. The minimum Gasteiger partial charge on any atom is -0.344 e. The third kappa shape index (κ3) is 1.82. The lowest BCUT2D eigenvalue weighted by atomic mass is 10.4. The molecule has 1 N–H and O–H groups in total. The third-order valence-corrected chi connectivity index (χ3v) is 2.94. The molecule has 1 aliphatic rings. The maximum atomic E-state index is 5.14. The van der Waals surface area contributed by atoms with Crippen LogP contribution in [0.1, 0.15) is 19.8 Å². The fourth-order valence-electron chi connectivity index (χ4n) is 1.66. The molecule has 1 fully saturated rings. The van der Waals surface area contributed by atoms with E-state index in [1.54, 1.807) is 0 Å². The maximum absolute atomic E-state index is 5.14. The average Bonchev–Trinajstić information content (AvgIpc) is 2.88. The summed E-state index contributed by atoms with van der Waals surface area (Å²) in [6, 6.07) is 0. The van der Waals surface area contributed by atoms with Gasteiger partial charge in [0.05, 0.1) is 0 Å². The second-order valence-electron chi connectivity index (χ2n) is 3.90. The molecule has 1 aromatic rings. The summed E-state index contributed by atoms with van der Waals surface area (Å²) in [6.45, 7) is 4.05. The van der Waals surface area contributed by atoms with Crippen LogP contribution in [-0.4, -0.2) is 28.4 Å². The van der Waals surface area contributed by atoms with E-state index in [2.05, 4.69) is 29.1 Å². The van der Waals surface area contributed by atoms with Crippen molar-refractivity contribution in [3.8, 4) is 0 Å². The molecule has 2 rings (SSSR count). The monoisotopic (exact) mass is 212 g/mol. The molecule has 4 nitrogen and oxygen atoms in total. The summed E-state index contributed by atoms with van der Waals surface area (Å²) in [7, 11) is 2.08. The molecule has 1 aliphatic carbocycles. The number of H-pyrrole nitrogens is 1. The van der Waals surface area contributed by atoms with E-state index in [1.807, 2.05) is 4.57 Å². The highest BCUT2D eigenvalue weighted by molar-refractivity contribution is 7.71. The normalized spacial score (nSPS) is 15.9. The molecule has 78 valence electrons. The zero-order valence-electron chi connectivity index (χ0n) is 8.66. The summed E-state index contributed by atoms with van der Waals surface area (Å²) >= 11 is 5.14. The summed E-state index contributed by atoms with van der Waals surface area (Å²) in [5, 5.41) is 7.08. The molecule has 0 aromatic carbocycles. The van der Waals surface area contributed by atoms with Crippen molar-refractivity contribution in [1.82, 2.24) is 14.8 Å². The van der Waals surface area contributed by atoms with E-state index >= 15 is 0 Å². The third-order valence-electron chi connectivity index (χ3n) is 2.62. The molecule has 1 aromatic heterocycles. The van der Waals surface area contributed by atoms with Crippen LogP contribution < -0.4 is 4.90 Å². The fraction of sp³-hybridized carbons (Fsp3) is 0.778. The minimum atomic E-state index is 0.713. The second-order valence-corrected chi connectivity index (χ2v) is 4.28. The van der Waals surface area contributed by atoms with E-state index in [-0.39, 0.29) is 0 Å². The average molecular weight is 212 g/mol. The highest BCUT2D eigenvalue weighted by atomic mass is 32.1. The van der Waals surface area contributed by atoms with E-state index < -0.39 is 0 Å². The first-order valence-corrected chi connectivity index (χ1v) is 5.49. The Labute approximate surface area is 88.9 Å². The minimum absolute atomic E-state index is 0.713. The van der Waals surface area contributed by atoms with Gasteiger partial charge in [0.2, 0.25) is 5.95 Å². The predicted octanol–water partition coefficient (Wildman–Crippen LogP) is 1.81. The summed E-state index contributed by atoms with van der Waals surface area (Å²) in [5.74, 6) is 1.83. The molecule has 5 heteroatoms. The summed E-state index contributed by atoms with van der Waals surface area (Å²) in [4.78, 5) is 2.19. The number of hydrogen-bond acceptors (Lipinski definition) is 3. The molecule has 0 amide bonds. The molecule has 0 spiro atoms. The Morgan fingerprint density at radius 3 is 2.93 bits per heavy atom. The quantitative estimate of drug-likeness (QED) is 0.773. The molecule has 0 unspecified atom stereocenters. The van der Waals surface area contributed by atoms with Gasteiger partial charge in [-0.1, -0.05) is 0 Å². The molecule has 1 saturated carbocycles. The van der Waals surface area contributed by atoms with Crippen molar-refractivity contribution in [3.05, 3.63) is 4.77 Å². The van der Waals surface area contributed by atoms with E-state index in [1.165, 1.54) is 12.8 Å². The number of nitrogens with one attached hydrogen (secondary N) is 1. The van der Waals surface area contributed by atoms with Crippen molar-refractivity contribution in [3.63, 3.8) is 0 Å². The van der Waals surface area contributed by atoms with Crippen LogP contribution in [0.15, 0.2) is 0 Å². The zero-order chi connectivity index (χ0) is 10.1. The van der Waals surface area contributed by atoms with Gasteiger partial charge in [0.15, 0.2) is 4.77 Å². The number of rotatable bonds is 4. The first kappa shape index (κ1) is 9.71. The molecule has 1 heterocycles. The highest BCUT2D eigenvalue weighted by Crippen LogP contribution is 2.30. The predicted molar refractivity (Wildman–Crippen MR) is 59.1 cm³/mol. The summed E-state index contributed by atoms with van der Waals surface area (Å²) < 4.78 is 2.74. The van der Waals surface area contributed by atoms with Crippen LogP contribution in [0.3, 0.4) is 0 Å². The van der Waals surface area contributed by atoms with Gasteiger partial charge in [0, 0.05) is 20.1 Å². The van der Waals surface area contributed by atoms with E-state index in [4.69, 9.17) is 12.2 Å². The molecular weight excluding hydrogens is 196 g/mol. The van der Waals surface area contributed by atoms with Crippen LogP contribution in [0.5, 0.6) is 0 Å². The van der Waals surface area contributed by atoms with Gasteiger partial charge in [-0.25, -0.2) is 5.10 Å². The van der Waals surface area contributed by atoms with Gasteiger partial charge in [-0.15, -0.1) is 5.10 Å². The van der Waals surface area contributed by atoms with Crippen molar-refractivity contribution >= 4 is 18.2 Å². The largest absolute Gasteiger partial charge is 0.344 e. The molecule has 0 bridgehead atoms. The molecular formula is C9H16N4S. The van der Waals surface area contributed by atoms with Crippen molar-refractivity contribution in [2.45, 2.75) is 26.3 Å². The lowest BCUT2D eigenvalue weighted by molar-refractivity contribution is 0.694. The van der Waals surface area contributed by atoms with Gasteiger partial charge < -0.3 is 4.90 Å². The van der Waals surface area contributed by atoms with Gasteiger partial charge in [0.1, 0.15) is 0 Å². The smallest absolute Gasteiger partial charge is 0.225 e. The topological polar surface area (TPSA) is 36.9 Å². The van der Waals surface area contributed by atoms with Crippen LogP contribution in [-0.2, 0) is 6.54 Å². The Kier molecular flexibility index (Phi) is 2.58. The molecule has 0 atom stereocenters. The molecule has 0 aliphatic heterocycles. The van der Waals surface area contributed by atoms with Gasteiger partial charge >= 0.3 is 0 Å². The lowest BCUT2D eigenvalue weighted by Gasteiger charge is -2.17. The van der Waals surface area contributed by atoms with Gasteiger partial charge in [-0.05, 0) is 37.9 Å². The Morgan fingerprint density at radius 1 is 1.64 bits per heavy atom. The van der Waals surface area contributed by atoms with E-state index in [0.29, 0.717) is 4.77 Å². The SMILES string of the molecule is CCn1c(N(C)CC2CC2)n[nH]c1=S. The highest BCUT2D eigenvalue weighted by Gasteiger charge is 2.24. The zero-order valence-corrected chi connectivity index (χ0v) is 9.47. The standard InChI is InChI=1S/C9H16N4S/c1-3-13-8(10-11-9(13)14)12(2)6-7-4-5-7/h7H,3-6H2,1-2H3,(H,11,14). The summed E-state index contributed by atoms with van der Waals surface area (Å²) in [5.41, 5.74) is 0. The molecule has 14 heavy (non-hydrogen) atoms. The van der Waals surface area contributed by atoms with Crippen LogP contribution in [0.2, 0.25) is 0 Å². The van der Waals surface area contributed by atoms with Crippen molar-refractivity contribution < 1.29 is 0 Å². The van der Waals surface area contributed by atoms with E-state index in [9.17, 15) is 0 Å².